The minimum atomic E-state index is -0.211. The third kappa shape index (κ3) is 9.94. The summed E-state index contributed by atoms with van der Waals surface area (Å²) in [5.41, 5.74) is 0. The lowest BCUT2D eigenvalue weighted by Crippen LogP contribution is -2.18. The van der Waals surface area contributed by atoms with Gasteiger partial charge in [0.15, 0.2) is 0 Å². The molecule has 0 rings (SSSR count). The smallest absolute Gasteiger partial charge is 0.228 e. The Hall–Kier alpha value is -2.14. The van der Waals surface area contributed by atoms with Crippen LogP contribution in [-0.2, 0) is 4.79 Å². The molecule has 0 spiro atoms. The third-order valence-corrected chi connectivity index (χ3v) is 1.23. The normalized spacial score (nSPS) is 8.19. The predicted octanol–water partition coefficient (Wildman–Crippen LogP) is -0.0835. The molecular formula is C12H10N2OS. The van der Waals surface area contributed by atoms with Crippen LogP contribution in [0.25, 0.3) is 0 Å². The molecule has 0 aromatic carbocycles. The summed E-state index contributed by atoms with van der Waals surface area (Å²) in [5.74, 6) is 12.6. The van der Waals surface area contributed by atoms with Gasteiger partial charge in [0.1, 0.15) is 0 Å². The molecule has 0 saturated heterocycles. The number of carbonyl (C=O) groups excluding carboxylic acids is 1. The van der Waals surface area contributed by atoms with Gasteiger partial charge in [0.05, 0.1) is 6.04 Å². The van der Waals surface area contributed by atoms with Crippen LogP contribution >= 0.6 is 12.6 Å². The van der Waals surface area contributed by atoms with Gasteiger partial charge in [-0.1, -0.05) is 18.5 Å². The van der Waals surface area contributed by atoms with Gasteiger partial charge in [-0.15, -0.1) is 0 Å². The lowest BCUT2D eigenvalue weighted by atomic mass is 10.3. The third-order valence-electron chi connectivity index (χ3n) is 1.12. The Labute approximate surface area is 101 Å². The Morgan fingerprint density at radius 2 is 1.88 bits per heavy atom. The van der Waals surface area contributed by atoms with Crippen molar-refractivity contribution in [3.63, 3.8) is 0 Å². The van der Waals surface area contributed by atoms with Gasteiger partial charge < -0.3 is 5.32 Å². The molecule has 0 aliphatic heterocycles. The van der Waals surface area contributed by atoms with Crippen molar-refractivity contribution in [2.24, 2.45) is 0 Å². The van der Waals surface area contributed by atoms with Crippen LogP contribution in [0.4, 0.5) is 0 Å². The fraction of sp³-hybridized carbons (Fsp3) is 0.250. The van der Waals surface area contributed by atoms with E-state index in [4.69, 9.17) is 0 Å². The SMILES string of the molecule is CC(=O)NC#CC#CC(C)NC#CC#CS. The van der Waals surface area contributed by atoms with Crippen LogP contribution in [0.3, 0.4) is 0 Å². The molecule has 1 unspecified atom stereocenters. The quantitative estimate of drug-likeness (QED) is 0.335. The highest BCUT2D eigenvalue weighted by Crippen LogP contribution is 1.73. The van der Waals surface area contributed by atoms with Crippen LogP contribution in [0.2, 0.25) is 0 Å². The Bertz CT molecular complexity index is 480. The number of thiol groups is 1. The minimum absolute atomic E-state index is 0.124. The molecule has 0 aliphatic carbocycles. The molecule has 0 saturated carbocycles. The first kappa shape index (κ1) is 13.9. The van der Waals surface area contributed by atoms with Crippen molar-refractivity contribution in [1.29, 1.82) is 0 Å². The van der Waals surface area contributed by atoms with Crippen LogP contribution in [-0.4, -0.2) is 11.9 Å². The number of nitrogens with one attached hydrogen (secondary N) is 2. The summed E-state index contributed by atoms with van der Waals surface area (Å²) >= 11 is 3.67. The van der Waals surface area contributed by atoms with Gasteiger partial charge in [0.2, 0.25) is 5.91 Å². The van der Waals surface area contributed by atoms with Gasteiger partial charge in [-0.05, 0) is 24.0 Å². The van der Waals surface area contributed by atoms with Gasteiger partial charge in [0.25, 0.3) is 0 Å². The fourth-order valence-electron chi connectivity index (χ4n) is 0.534. The topological polar surface area (TPSA) is 41.1 Å². The molecule has 0 aromatic rings. The van der Waals surface area contributed by atoms with E-state index >= 15 is 0 Å². The molecule has 80 valence electrons. The molecule has 16 heavy (non-hydrogen) atoms. The summed E-state index contributed by atoms with van der Waals surface area (Å²) in [5, 5.41) is 7.44. The first-order valence-electron chi connectivity index (χ1n) is 4.33. The van der Waals surface area contributed by atoms with Crippen LogP contribution < -0.4 is 10.6 Å². The zero-order valence-corrected chi connectivity index (χ0v) is 9.83. The Balaban J connectivity index is 4.03. The van der Waals surface area contributed by atoms with Gasteiger partial charge in [-0.3, -0.25) is 10.1 Å². The molecule has 0 bridgehead atoms. The number of hydrogen-bond donors (Lipinski definition) is 3. The highest BCUT2D eigenvalue weighted by atomic mass is 32.1. The van der Waals surface area contributed by atoms with Gasteiger partial charge in [-0.25, -0.2) is 0 Å². The zero-order valence-electron chi connectivity index (χ0n) is 8.93. The molecule has 1 amide bonds. The van der Waals surface area contributed by atoms with Gasteiger partial charge >= 0.3 is 0 Å². The van der Waals surface area contributed by atoms with E-state index in [-0.39, 0.29) is 11.9 Å². The van der Waals surface area contributed by atoms with Crippen molar-refractivity contribution < 1.29 is 4.79 Å². The van der Waals surface area contributed by atoms with Crippen LogP contribution in [0.15, 0.2) is 0 Å². The van der Waals surface area contributed by atoms with Crippen molar-refractivity contribution in [2.45, 2.75) is 19.9 Å². The fourth-order valence-corrected chi connectivity index (χ4v) is 0.590. The molecule has 0 fully saturated rings. The summed E-state index contributed by atoms with van der Waals surface area (Å²) in [6.45, 7) is 3.21. The molecular weight excluding hydrogens is 220 g/mol. The molecule has 1 atom stereocenters. The van der Waals surface area contributed by atoms with Crippen LogP contribution in [0.1, 0.15) is 13.8 Å². The maximum absolute atomic E-state index is 10.4. The minimum Gasteiger partial charge on any atom is -0.331 e. The van der Waals surface area contributed by atoms with Crippen molar-refractivity contribution in [1.82, 2.24) is 10.6 Å². The number of amides is 1. The molecule has 0 radical (unpaired) electrons. The van der Waals surface area contributed by atoms with Crippen LogP contribution in [0.5, 0.6) is 0 Å². The second-order valence-electron chi connectivity index (χ2n) is 2.55. The monoisotopic (exact) mass is 230 g/mol. The molecule has 0 heterocycles. The van der Waals surface area contributed by atoms with E-state index in [0.29, 0.717) is 0 Å². The summed E-state index contributed by atoms with van der Waals surface area (Å²) in [4.78, 5) is 10.4. The van der Waals surface area contributed by atoms with E-state index in [2.05, 4.69) is 70.2 Å². The van der Waals surface area contributed by atoms with E-state index in [1.807, 2.05) is 6.92 Å². The first-order chi connectivity index (χ1) is 7.66. The number of hydrogen-bond acceptors (Lipinski definition) is 3. The van der Waals surface area contributed by atoms with Crippen molar-refractivity contribution in [3.8, 4) is 46.9 Å². The van der Waals surface area contributed by atoms with E-state index in [9.17, 15) is 4.79 Å². The summed E-state index contributed by atoms with van der Waals surface area (Å²) in [6, 6.07) is 4.88. The maximum atomic E-state index is 10.4. The van der Waals surface area contributed by atoms with E-state index in [0.717, 1.165) is 0 Å². The second kappa shape index (κ2) is 9.42. The van der Waals surface area contributed by atoms with Gasteiger partial charge in [0, 0.05) is 30.9 Å². The second-order valence-corrected chi connectivity index (χ2v) is 2.78. The zero-order chi connectivity index (χ0) is 12.2. The standard InChI is InChI=1S/C12H10N2OS/c1-11(13-8-5-6-10-16)7-3-4-9-14-12(2)15/h11,13,16H,1-2H3,(H,14,15). The average molecular weight is 230 g/mol. The maximum Gasteiger partial charge on any atom is 0.228 e. The Kier molecular flexibility index (Phi) is 8.16. The largest absolute Gasteiger partial charge is 0.331 e. The number of rotatable bonds is 1. The van der Waals surface area contributed by atoms with E-state index < -0.39 is 0 Å². The van der Waals surface area contributed by atoms with E-state index in [1.165, 1.54) is 6.92 Å². The Morgan fingerprint density at radius 1 is 1.19 bits per heavy atom. The molecule has 0 aromatic heterocycles. The summed E-state index contributed by atoms with van der Waals surface area (Å²) in [7, 11) is 0. The molecule has 4 heteroatoms. The first-order valence-corrected chi connectivity index (χ1v) is 4.78. The molecule has 2 N–H and O–H groups in total. The summed E-state index contributed by atoms with van der Waals surface area (Å²) < 4.78 is 0. The summed E-state index contributed by atoms with van der Waals surface area (Å²) in [6.07, 6.45) is 0. The molecule has 0 aliphatic rings. The number of carbonyl (C=O) groups is 1. The highest BCUT2D eigenvalue weighted by molar-refractivity contribution is 7.85. The Morgan fingerprint density at radius 3 is 2.50 bits per heavy atom. The highest BCUT2D eigenvalue weighted by Gasteiger charge is 1.87. The van der Waals surface area contributed by atoms with Gasteiger partial charge in [-0.2, -0.15) is 0 Å². The average Bonchev–Trinajstić information content (AvgIpc) is 2.23. The van der Waals surface area contributed by atoms with Crippen molar-refractivity contribution in [2.75, 3.05) is 0 Å². The lowest BCUT2D eigenvalue weighted by molar-refractivity contribution is -0.117. The predicted molar refractivity (Wildman–Crippen MR) is 66.5 cm³/mol. The van der Waals surface area contributed by atoms with Crippen molar-refractivity contribution >= 4 is 18.5 Å². The van der Waals surface area contributed by atoms with Crippen molar-refractivity contribution in [3.05, 3.63) is 0 Å². The lowest BCUT2D eigenvalue weighted by Gasteiger charge is -1.97. The molecule has 3 nitrogen and oxygen atoms in total. The van der Waals surface area contributed by atoms with Crippen LogP contribution in [0, 0.1) is 46.9 Å². The van der Waals surface area contributed by atoms with E-state index in [1.54, 1.807) is 0 Å².